The summed E-state index contributed by atoms with van der Waals surface area (Å²) < 4.78 is 5.53. The Hall–Kier alpha value is -0.570. The Morgan fingerprint density at radius 3 is 2.56 bits per heavy atom. The summed E-state index contributed by atoms with van der Waals surface area (Å²) in [6, 6.07) is 0. The highest BCUT2D eigenvalue weighted by Crippen LogP contribution is 2.22. The van der Waals surface area contributed by atoms with E-state index in [1.54, 1.807) is 0 Å². The van der Waals surface area contributed by atoms with Crippen LogP contribution in [0.15, 0.2) is 0 Å². The molecule has 0 bridgehead atoms. The number of nitrogens with two attached hydrogens (primary N) is 1. The summed E-state index contributed by atoms with van der Waals surface area (Å²) >= 11 is 0. The van der Waals surface area contributed by atoms with Gasteiger partial charge >= 0.3 is 5.97 Å². The molecule has 3 heteroatoms. The van der Waals surface area contributed by atoms with Gasteiger partial charge in [-0.25, -0.2) is 0 Å². The molecule has 1 fully saturated rings. The highest BCUT2D eigenvalue weighted by atomic mass is 16.5. The van der Waals surface area contributed by atoms with Crippen LogP contribution in [0.2, 0.25) is 0 Å². The number of rotatable bonds is 8. The minimum Gasteiger partial charge on any atom is -0.462 e. The van der Waals surface area contributed by atoms with Gasteiger partial charge in [-0.15, -0.1) is 0 Å². The number of carbonyl (C=O) groups excluding carboxylic acids is 1. The maximum Gasteiger partial charge on any atom is 0.306 e. The van der Waals surface area contributed by atoms with Crippen molar-refractivity contribution in [3.05, 3.63) is 0 Å². The molecule has 0 saturated heterocycles. The van der Waals surface area contributed by atoms with Crippen LogP contribution < -0.4 is 5.73 Å². The van der Waals surface area contributed by atoms with Crippen LogP contribution in [0.25, 0.3) is 0 Å². The zero-order valence-electron chi connectivity index (χ0n) is 11.8. The average Bonchev–Trinajstić information content (AvgIpc) is 2.38. The lowest BCUT2D eigenvalue weighted by Gasteiger charge is -2.22. The number of ether oxygens (including phenoxy) is 1. The molecule has 0 aromatic carbocycles. The highest BCUT2D eigenvalue weighted by molar-refractivity contribution is 5.69. The summed E-state index contributed by atoms with van der Waals surface area (Å²) in [5, 5.41) is 0. The fraction of sp³-hybridized carbons (Fsp3) is 0.933. The zero-order valence-corrected chi connectivity index (χ0v) is 11.8. The first-order chi connectivity index (χ1) is 8.76. The van der Waals surface area contributed by atoms with Crippen molar-refractivity contribution in [1.29, 1.82) is 0 Å². The van der Waals surface area contributed by atoms with E-state index >= 15 is 0 Å². The largest absolute Gasteiger partial charge is 0.462 e. The second kappa shape index (κ2) is 9.37. The van der Waals surface area contributed by atoms with Crippen molar-refractivity contribution in [1.82, 2.24) is 0 Å². The Morgan fingerprint density at radius 1 is 1.22 bits per heavy atom. The van der Waals surface area contributed by atoms with Crippen molar-refractivity contribution in [2.75, 3.05) is 6.54 Å². The van der Waals surface area contributed by atoms with Gasteiger partial charge < -0.3 is 10.5 Å². The lowest BCUT2D eigenvalue weighted by atomic mass is 9.94. The van der Waals surface area contributed by atoms with Crippen molar-refractivity contribution < 1.29 is 9.53 Å². The van der Waals surface area contributed by atoms with Gasteiger partial charge in [-0.3, -0.25) is 4.79 Å². The van der Waals surface area contributed by atoms with Gasteiger partial charge in [0, 0.05) is 6.42 Å². The molecule has 0 aliphatic heterocycles. The first-order valence-corrected chi connectivity index (χ1v) is 7.65. The Morgan fingerprint density at radius 2 is 1.94 bits per heavy atom. The van der Waals surface area contributed by atoms with Gasteiger partial charge in [0.05, 0.1) is 0 Å². The van der Waals surface area contributed by atoms with E-state index in [-0.39, 0.29) is 12.1 Å². The van der Waals surface area contributed by atoms with Crippen molar-refractivity contribution in [2.24, 2.45) is 11.7 Å². The molecule has 1 aliphatic carbocycles. The summed E-state index contributed by atoms with van der Waals surface area (Å²) in [6.07, 6.45) is 10.9. The van der Waals surface area contributed by atoms with E-state index < -0.39 is 0 Å². The molecule has 0 amide bonds. The maximum atomic E-state index is 11.8. The van der Waals surface area contributed by atoms with E-state index in [0.717, 1.165) is 32.2 Å². The molecule has 18 heavy (non-hydrogen) atoms. The molecule has 1 unspecified atom stereocenters. The van der Waals surface area contributed by atoms with E-state index in [1.165, 1.54) is 32.1 Å². The third-order valence-electron chi connectivity index (χ3n) is 3.88. The van der Waals surface area contributed by atoms with Crippen LogP contribution in [-0.2, 0) is 9.53 Å². The molecule has 1 saturated carbocycles. The summed E-state index contributed by atoms with van der Waals surface area (Å²) in [5.74, 6) is 0.596. The predicted octanol–water partition coefficient (Wildman–Crippen LogP) is 3.41. The van der Waals surface area contributed by atoms with Gasteiger partial charge in [-0.05, 0) is 51.0 Å². The number of esters is 1. The lowest BCUT2D eigenvalue weighted by molar-refractivity contribution is -0.150. The molecule has 1 aliphatic rings. The van der Waals surface area contributed by atoms with Gasteiger partial charge in [-0.1, -0.05) is 26.2 Å². The fourth-order valence-electron chi connectivity index (χ4n) is 2.83. The quantitative estimate of drug-likeness (QED) is 0.676. The SMILES string of the molecule is CCCC(CCN)CCC(=O)OC1CCCCC1. The normalized spacial score (nSPS) is 18.6. The van der Waals surface area contributed by atoms with Gasteiger partial charge in [0.25, 0.3) is 0 Å². The van der Waals surface area contributed by atoms with E-state index in [1.807, 2.05) is 0 Å². The van der Waals surface area contributed by atoms with Crippen LogP contribution in [0.5, 0.6) is 0 Å². The van der Waals surface area contributed by atoms with Crippen LogP contribution in [0.4, 0.5) is 0 Å². The first-order valence-electron chi connectivity index (χ1n) is 7.65. The van der Waals surface area contributed by atoms with Crippen LogP contribution >= 0.6 is 0 Å². The van der Waals surface area contributed by atoms with Crippen molar-refractivity contribution >= 4 is 5.97 Å². The standard InChI is InChI=1S/C15H29NO2/c1-2-6-13(11-12-16)9-10-15(17)18-14-7-4-3-5-8-14/h13-14H,2-12,16H2,1H3. The van der Waals surface area contributed by atoms with Crippen molar-refractivity contribution in [2.45, 2.75) is 77.2 Å². The molecule has 0 aromatic heterocycles. The fourth-order valence-corrected chi connectivity index (χ4v) is 2.83. The lowest BCUT2D eigenvalue weighted by Crippen LogP contribution is -2.21. The molecule has 0 radical (unpaired) electrons. The summed E-state index contributed by atoms with van der Waals surface area (Å²) in [6.45, 7) is 2.91. The smallest absolute Gasteiger partial charge is 0.306 e. The summed E-state index contributed by atoms with van der Waals surface area (Å²) in [4.78, 5) is 11.8. The first kappa shape index (κ1) is 15.5. The van der Waals surface area contributed by atoms with E-state index in [4.69, 9.17) is 10.5 Å². The molecule has 1 atom stereocenters. The van der Waals surface area contributed by atoms with Crippen LogP contribution in [-0.4, -0.2) is 18.6 Å². The Balaban J connectivity index is 2.17. The minimum atomic E-state index is 0.0000227. The van der Waals surface area contributed by atoms with Gasteiger partial charge in [0.1, 0.15) is 6.10 Å². The van der Waals surface area contributed by atoms with Crippen LogP contribution in [0.1, 0.15) is 71.1 Å². The zero-order chi connectivity index (χ0) is 13.2. The number of hydrogen-bond donors (Lipinski definition) is 1. The number of hydrogen-bond acceptors (Lipinski definition) is 3. The third-order valence-corrected chi connectivity index (χ3v) is 3.88. The molecular formula is C15H29NO2. The molecule has 2 N–H and O–H groups in total. The van der Waals surface area contributed by atoms with Crippen LogP contribution in [0.3, 0.4) is 0 Å². The monoisotopic (exact) mass is 255 g/mol. The van der Waals surface area contributed by atoms with E-state index in [9.17, 15) is 4.79 Å². The molecule has 106 valence electrons. The molecule has 0 aromatic rings. The Kier molecular flexibility index (Phi) is 8.06. The summed E-state index contributed by atoms with van der Waals surface area (Å²) in [7, 11) is 0. The minimum absolute atomic E-state index is 0.0000227. The Bertz CT molecular complexity index is 219. The average molecular weight is 255 g/mol. The molecular weight excluding hydrogens is 226 g/mol. The highest BCUT2D eigenvalue weighted by Gasteiger charge is 2.18. The van der Waals surface area contributed by atoms with Crippen LogP contribution in [0, 0.1) is 5.92 Å². The Labute approximate surface area is 111 Å². The molecule has 0 spiro atoms. The second-order valence-electron chi connectivity index (χ2n) is 5.52. The van der Waals surface area contributed by atoms with E-state index in [0.29, 0.717) is 12.3 Å². The van der Waals surface area contributed by atoms with Gasteiger partial charge in [-0.2, -0.15) is 0 Å². The number of carbonyl (C=O) groups is 1. The summed E-state index contributed by atoms with van der Waals surface area (Å²) in [5.41, 5.74) is 5.60. The second-order valence-corrected chi connectivity index (χ2v) is 5.52. The van der Waals surface area contributed by atoms with Crippen molar-refractivity contribution in [3.63, 3.8) is 0 Å². The van der Waals surface area contributed by atoms with Crippen molar-refractivity contribution in [3.8, 4) is 0 Å². The van der Waals surface area contributed by atoms with Gasteiger partial charge in [0.15, 0.2) is 0 Å². The topological polar surface area (TPSA) is 52.3 Å². The molecule has 1 rings (SSSR count). The predicted molar refractivity (Wildman–Crippen MR) is 74.3 cm³/mol. The third kappa shape index (κ3) is 6.39. The van der Waals surface area contributed by atoms with E-state index in [2.05, 4.69) is 6.92 Å². The molecule has 3 nitrogen and oxygen atoms in total. The van der Waals surface area contributed by atoms with Gasteiger partial charge in [0.2, 0.25) is 0 Å². The maximum absolute atomic E-state index is 11.8. The molecule has 0 heterocycles.